The van der Waals surface area contributed by atoms with Crippen molar-refractivity contribution in [2.24, 2.45) is 5.92 Å². The Labute approximate surface area is 222 Å². The number of aliphatic hydroxyl groups excluding tert-OH is 1. The first-order valence-electron chi connectivity index (χ1n) is 11.9. The van der Waals surface area contributed by atoms with Gasteiger partial charge in [-0.05, 0) is 81.3 Å². The summed E-state index contributed by atoms with van der Waals surface area (Å²) in [6.45, 7) is 7.38. The van der Waals surface area contributed by atoms with Crippen LogP contribution >= 0.6 is 11.6 Å². The van der Waals surface area contributed by atoms with E-state index in [1.54, 1.807) is 19.1 Å². The van der Waals surface area contributed by atoms with Crippen LogP contribution in [0.2, 0.25) is 5.02 Å². The van der Waals surface area contributed by atoms with Crippen LogP contribution in [-0.2, 0) is 9.53 Å². The maximum Gasteiger partial charge on any atom is 0.340 e. The van der Waals surface area contributed by atoms with Gasteiger partial charge < -0.3 is 14.7 Å². The molecule has 0 aliphatic carbocycles. The molecular formula is C30H31ClFNO4. The lowest BCUT2D eigenvalue weighted by atomic mass is 9.92. The Morgan fingerprint density at radius 2 is 1.78 bits per heavy atom. The number of carbonyl (C=O) groups is 2. The van der Waals surface area contributed by atoms with Crippen LogP contribution < -0.4 is 4.90 Å². The van der Waals surface area contributed by atoms with Crippen LogP contribution in [0, 0.1) is 18.7 Å². The number of benzene rings is 3. The zero-order chi connectivity index (χ0) is 27.3. The lowest BCUT2D eigenvalue weighted by Crippen LogP contribution is -2.32. The van der Waals surface area contributed by atoms with Crippen molar-refractivity contribution < 1.29 is 23.8 Å². The highest BCUT2D eigenvalue weighted by Crippen LogP contribution is 2.38. The molecule has 0 amide bonds. The lowest BCUT2D eigenvalue weighted by Gasteiger charge is -2.33. The van der Waals surface area contributed by atoms with Crippen LogP contribution in [0.1, 0.15) is 36.7 Å². The predicted octanol–water partition coefficient (Wildman–Crippen LogP) is 6.91. The fourth-order valence-electron chi connectivity index (χ4n) is 4.39. The van der Waals surface area contributed by atoms with E-state index in [-0.39, 0.29) is 17.3 Å². The van der Waals surface area contributed by atoms with Crippen molar-refractivity contribution >= 4 is 34.7 Å². The molecule has 3 aromatic carbocycles. The number of halogens is 2. The standard InChI is InChI=1S/C30H31ClFNO4/c1-18(13-20(3)34)26(21(4)35)17-33(23-9-7-6-8-10-23)29-16-27(31)24(14-19(29)2)22-11-12-28(32)25(15-22)30(36)37-5/h6-16,21,26,35H,17H2,1-5H3/b18-13+. The molecule has 0 heterocycles. The molecule has 5 nitrogen and oxygen atoms in total. The number of ketones is 1. The summed E-state index contributed by atoms with van der Waals surface area (Å²) in [5, 5.41) is 11.0. The summed E-state index contributed by atoms with van der Waals surface area (Å²) in [5.74, 6) is -1.84. The third kappa shape index (κ3) is 6.64. The van der Waals surface area contributed by atoms with E-state index >= 15 is 0 Å². The zero-order valence-corrected chi connectivity index (χ0v) is 22.3. The van der Waals surface area contributed by atoms with Gasteiger partial charge in [-0.25, -0.2) is 9.18 Å². The van der Waals surface area contributed by atoms with E-state index in [2.05, 4.69) is 4.90 Å². The number of para-hydroxylation sites is 1. The minimum absolute atomic E-state index is 0.0800. The van der Waals surface area contributed by atoms with E-state index in [1.165, 1.54) is 26.2 Å². The first-order chi connectivity index (χ1) is 17.5. The van der Waals surface area contributed by atoms with Gasteiger partial charge in [0, 0.05) is 29.4 Å². The van der Waals surface area contributed by atoms with Gasteiger partial charge in [-0.3, -0.25) is 4.79 Å². The number of nitrogens with zero attached hydrogens (tertiary/aromatic N) is 1. The van der Waals surface area contributed by atoms with Crippen molar-refractivity contribution in [3.8, 4) is 11.1 Å². The van der Waals surface area contributed by atoms with Crippen molar-refractivity contribution in [1.82, 2.24) is 0 Å². The van der Waals surface area contributed by atoms with Crippen LogP contribution in [0.3, 0.4) is 0 Å². The highest BCUT2D eigenvalue weighted by Gasteiger charge is 2.24. The van der Waals surface area contributed by atoms with Crippen LogP contribution in [0.5, 0.6) is 0 Å². The van der Waals surface area contributed by atoms with Gasteiger partial charge in [0.2, 0.25) is 0 Å². The summed E-state index contributed by atoms with van der Waals surface area (Å²) >= 11 is 6.76. The van der Waals surface area contributed by atoms with Gasteiger partial charge in [0.15, 0.2) is 5.78 Å². The summed E-state index contributed by atoms with van der Waals surface area (Å²) in [6, 6.07) is 17.6. The number of anilines is 2. The second kappa shape index (κ2) is 12.2. The van der Waals surface area contributed by atoms with Crippen molar-refractivity contribution in [3.05, 3.63) is 94.3 Å². The molecule has 0 saturated carbocycles. The molecule has 0 radical (unpaired) electrons. The fourth-order valence-corrected chi connectivity index (χ4v) is 4.66. The normalized spacial score (nSPS) is 13.1. The quantitative estimate of drug-likeness (QED) is 0.244. The molecule has 7 heteroatoms. The molecule has 0 aromatic heterocycles. The molecule has 0 bridgehead atoms. The van der Waals surface area contributed by atoms with Gasteiger partial charge >= 0.3 is 5.97 Å². The van der Waals surface area contributed by atoms with Crippen LogP contribution in [0.15, 0.2) is 72.3 Å². The molecular weight excluding hydrogens is 493 g/mol. The molecule has 0 spiro atoms. The first kappa shape index (κ1) is 28.1. The fraction of sp³-hybridized carbons (Fsp3) is 0.267. The minimum atomic E-state index is -0.766. The SMILES string of the molecule is COC(=O)c1cc(-c2cc(C)c(N(CC(/C(C)=C/C(C)=O)C(C)O)c3ccccc3)cc2Cl)ccc1F. The number of hydrogen-bond donors (Lipinski definition) is 1. The van der Waals surface area contributed by atoms with Gasteiger partial charge in [0.05, 0.1) is 23.8 Å². The Balaban J connectivity index is 2.12. The van der Waals surface area contributed by atoms with Gasteiger partial charge in [-0.2, -0.15) is 0 Å². The highest BCUT2D eigenvalue weighted by atomic mass is 35.5. The van der Waals surface area contributed by atoms with Crippen molar-refractivity contribution in [2.75, 3.05) is 18.6 Å². The number of rotatable bonds is 9. The lowest BCUT2D eigenvalue weighted by molar-refractivity contribution is -0.112. The van der Waals surface area contributed by atoms with Crippen molar-refractivity contribution in [3.63, 3.8) is 0 Å². The molecule has 37 heavy (non-hydrogen) atoms. The highest BCUT2D eigenvalue weighted by molar-refractivity contribution is 6.33. The van der Waals surface area contributed by atoms with E-state index in [0.29, 0.717) is 22.7 Å². The summed E-state index contributed by atoms with van der Waals surface area (Å²) in [6.07, 6.45) is 0.851. The molecule has 0 fully saturated rings. The number of esters is 1. The third-order valence-corrected chi connectivity index (χ3v) is 6.62. The third-order valence-electron chi connectivity index (χ3n) is 6.30. The maximum atomic E-state index is 14.2. The number of carbonyl (C=O) groups excluding carboxylic acids is 2. The van der Waals surface area contributed by atoms with Crippen molar-refractivity contribution in [1.29, 1.82) is 0 Å². The number of allylic oxidation sites excluding steroid dienone is 1. The molecule has 0 saturated heterocycles. The summed E-state index contributed by atoms with van der Waals surface area (Å²) in [5.41, 5.74) is 4.42. The summed E-state index contributed by atoms with van der Waals surface area (Å²) in [7, 11) is 1.20. The second-order valence-corrected chi connectivity index (χ2v) is 9.50. The smallest absolute Gasteiger partial charge is 0.340 e. The molecule has 0 aliphatic heterocycles. The zero-order valence-electron chi connectivity index (χ0n) is 21.6. The molecule has 3 rings (SSSR count). The first-order valence-corrected chi connectivity index (χ1v) is 12.3. The van der Waals surface area contributed by atoms with Gasteiger partial charge in [-0.15, -0.1) is 0 Å². The largest absolute Gasteiger partial charge is 0.465 e. The van der Waals surface area contributed by atoms with E-state index in [1.807, 2.05) is 56.3 Å². The minimum Gasteiger partial charge on any atom is -0.465 e. The van der Waals surface area contributed by atoms with Crippen LogP contribution in [0.25, 0.3) is 11.1 Å². The Kier molecular flexibility index (Phi) is 9.24. The summed E-state index contributed by atoms with van der Waals surface area (Å²) < 4.78 is 18.9. The number of aliphatic hydroxyl groups is 1. The average Bonchev–Trinajstić information content (AvgIpc) is 2.85. The van der Waals surface area contributed by atoms with Crippen LogP contribution in [0.4, 0.5) is 15.8 Å². The predicted molar refractivity (Wildman–Crippen MR) is 146 cm³/mol. The number of ether oxygens (including phenoxy) is 1. The van der Waals surface area contributed by atoms with E-state index in [9.17, 15) is 19.1 Å². The van der Waals surface area contributed by atoms with E-state index in [4.69, 9.17) is 16.3 Å². The molecule has 2 atom stereocenters. The topological polar surface area (TPSA) is 66.8 Å². The second-order valence-electron chi connectivity index (χ2n) is 9.10. The van der Waals surface area contributed by atoms with Crippen LogP contribution in [-0.4, -0.2) is 36.6 Å². The van der Waals surface area contributed by atoms with E-state index in [0.717, 1.165) is 22.5 Å². The number of aryl methyl sites for hydroxylation is 1. The molecule has 2 unspecified atom stereocenters. The van der Waals surface area contributed by atoms with Gasteiger partial charge in [0.1, 0.15) is 5.82 Å². The monoisotopic (exact) mass is 523 g/mol. The molecule has 1 N–H and O–H groups in total. The Morgan fingerprint density at radius 1 is 1.11 bits per heavy atom. The number of hydrogen-bond acceptors (Lipinski definition) is 5. The Hall–Kier alpha value is -3.48. The average molecular weight is 524 g/mol. The molecule has 194 valence electrons. The van der Waals surface area contributed by atoms with Gasteiger partial charge in [-0.1, -0.05) is 41.4 Å². The molecule has 0 aliphatic rings. The maximum absolute atomic E-state index is 14.2. The summed E-state index contributed by atoms with van der Waals surface area (Å²) in [4.78, 5) is 25.8. The van der Waals surface area contributed by atoms with Gasteiger partial charge in [0.25, 0.3) is 0 Å². The number of methoxy groups -OCH3 is 1. The molecule has 3 aromatic rings. The van der Waals surface area contributed by atoms with E-state index < -0.39 is 17.9 Å². The van der Waals surface area contributed by atoms with Crippen molar-refractivity contribution in [2.45, 2.75) is 33.8 Å². The Morgan fingerprint density at radius 3 is 2.38 bits per heavy atom. The Bertz CT molecular complexity index is 1320.